The lowest BCUT2D eigenvalue weighted by Gasteiger charge is -2.15. The van der Waals surface area contributed by atoms with Crippen LogP contribution in [0.25, 0.3) is 0 Å². The quantitative estimate of drug-likeness (QED) is 0.523. The molecule has 0 fully saturated rings. The third-order valence-corrected chi connectivity index (χ3v) is 3.34. The average molecular weight is 389 g/mol. The van der Waals surface area contributed by atoms with Crippen LogP contribution in [0.5, 0.6) is 0 Å². The average Bonchev–Trinajstić information content (AvgIpc) is 2.56. The number of hydrogen-bond acceptors (Lipinski definition) is 7. The van der Waals surface area contributed by atoms with Crippen molar-refractivity contribution in [2.45, 2.75) is 25.6 Å². The van der Waals surface area contributed by atoms with Crippen LogP contribution in [0.4, 0.5) is 4.79 Å². The number of rotatable bonds is 7. The zero-order chi connectivity index (χ0) is 17.2. The normalized spacial score (nSPS) is 11.3. The molecule has 1 rings (SSSR count). The van der Waals surface area contributed by atoms with Crippen molar-refractivity contribution < 1.29 is 33.3 Å². The number of ether oxygens (including phenoxy) is 4. The lowest BCUT2D eigenvalue weighted by molar-refractivity contribution is -0.153. The maximum absolute atomic E-state index is 11.7. The second-order valence-corrected chi connectivity index (χ2v) is 5.33. The summed E-state index contributed by atoms with van der Waals surface area (Å²) in [7, 11) is 2.38. The number of carbonyl (C=O) groups excluding carboxylic acids is 3. The Labute approximate surface area is 142 Å². The molecular formula is C15H17BrO7. The fourth-order valence-corrected chi connectivity index (χ4v) is 1.84. The SMILES string of the molecule is COC(=O)CCC(OC(=O)OCc1ccc(Br)cc1)C(=O)OC. The molecule has 23 heavy (non-hydrogen) atoms. The predicted octanol–water partition coefficient (Wildman–Crippen LogP) is 2.60. The minimum absolute atomic E-state index is 0.00297. The zero-order valence-electron chi connectivity index (χ0n) is 12.7. The second kappa shape index (κ2) is 9.83. The summed E-state index contributed by atoms with van der Waals surface area (Å²) in [6, 6.07) is 7.15. The van der Waals surface area contributed by atoms with E-state index >= 15 is 0 Å². The van der Waals surface area contributed by atoms with E-state index in [9.17, 15) is 14.4 Å². The van der Waals surface area contributed by atoms with E-state index in [1.807, 2.05) is 0 Å². The highest BCUT2D eigenvalue weighted by Gasteiger charge is 2.25. The Morgan fingerprint density at radius 3 is 2.30 bits per heavy atom. The van der Waals surface area contributed by atoms with E-state index in [0.717, 1.165) is 17.1 Å². The first-order valence-corrected chi connectivity index (χ1v) is 7.48. The molecule has 1 aromatic carbocycles. The lowest BCUT2D eigenvalue weighted by Crippen LogP contribution is -2.29. The molecule has 0 radical (unpaired) electrons. The van der Waals surface area contributed by atoms with Gasteiger partial charge < -0.3 is 18.9 Å². The van der Waals surface area contributed by atoms with E-state index in [-0.39, 0.29) is 19.4 Å². The van der Waals surface area contributed by atoms with Crippen LogP contribution in [0.1, 0.15) is 18.4 Å². The molecule has 1 aromatic rings. The summed E-state index contributed by atoms with van der Waals surface area (Å²) in [5.74, 6) is -1.29. The van der Waals surface area contributed by atoms with Crippen LogP contribution in [-0.4, -0.2) is 38.4 Å². The summed E-state index contributed by atoms with van der Waals surface area (Å²) in [5.41, 5.74) is 0.759. The predicted molar refractivity (Wildman–Crippen MR) is 82.5 cm³/mol. The molecular weight excluding hydrogens is 372 g/mol. The van der Waals surface area contributed by atoms with Gasteiger partial charge in [-0.3, -0.25) is 4.79 Å². The second-order valence-electron chi connectivity index (χ2n) is 4.41. The van der Waals surface area contributed by atoms with Crippen LogP contribution in [0.3, 0.4) is 0 Å². The summed E-state index contributed by atoms with van der Waals surface area (Å²) in [6.45, 7) is -0.00297. The molecule has 1 atom stereocenters. The fourth-order valence-electron chi connectivity index (χ4n) is 1.58. The molecule has 0 heterocycles. The Balaban J connectivity index is 2.50. The first-order chi connectivity index (χ1) is 11.0. The van der Waals surface area contributed by atoms with Crippen LogP contribution >= 0.6 is 15.9 Å². The zero-order valence-corrected chi connectivity index (χ0v) is 14.3. The van der Waals surface area contributed by atoms with Gasteiger partial charge in [0.15, 0.2) is 0 Å². The Kier molecular flexibility index (Phi) is 8.10. The molecule has 0 N–H and O–H groups in total. The standard InChI is InChI=1S/C15H17BrO7/c1-20-13(17)8-7-12(14(18)21-2)23-15(19)22-9-10-3-5-11(16)6-4-10/h3-6,12H,7-9H2,1-2H3. The van der Waals surface area contributed by atoms with E-state index in [1.54, 1.807) is 24.3 Å². The summed E-state index contributed by atoms with van der Waals surface area (Å²) < 4.78 is 19.7. The third-order valence-electron chi connectivity index (χ3n) is 2.81. The van der Waals surface area contributed by atoms with Crippen LogP contribution in [0.15, 0.2) is 28.7 Å². The maximum atomic E-state index is 11.7. The molecule has 126 valence electrons. The number of carbonyl (C=O) groups is 3. The molecule has 7 nitrogen and oxygen atoms in total. The molecule has 0 aromatic heterocycles. The monoisotopic (exact) mass is 388 g/mol. The third kappa shape index (κ3) is 7.14. The minimum atomic E-state index is -1.23. The van der Waals surface area contributed by atoms with Crippen molar-refractivity contribution in [3.05, 3.63) is 34.3 Å². The molecule has 0 aliphatic carbocycles. The molecule has 0 saturated heterocycles. The van der Waals surface area contributed by atoms with Crippen molar-refractivity contribution in [2.75, 3.05) is 14.2 Å². The molecule has 0 saturated carbocycles. The van der Waals surface area contributed by atoms with Gasteiger partial charge in [-0.2, -0.15) is 0 Å². The lowest BCUT2D eigenvalue weighted by atomic mass is 10.2. The molecule has 0 spiro atoms. The van der Waals surface area contributed by atoms with E-state index in [2.05, 4.69) is 25.4 Å². The molecule has 0 bridgehead atoms. The van der Waals surface area contributed by atoms with E-state index in [1.165, 1.54) is 7.11 Å². The molecule has 1 unspecified atom stereocenters. The Morgan fingerprint density at radius 2 is 1.74 bits per heavy atom. The fraction of sp³-hybridized carbons (Fsp3) is 0.400. The van der Waals surface area contributed by atoms with Gasteiger partial charge in [-0.25, -0.2) is 9.59 Å². The van der Waals surface area contributed by atoms with Gasteiger partial charge in [0.2, 0.25) is 6.10 Å². The van der Waals surface area contributed by atoms with Crippen LogP contribution in [0.2, 0.25) is 0 Å². The summed E-state index contributed by atoms with van der Waals surface area (Å²) >= 11 is 3.30. The van der Waals surface area contributed by atoms with E-state index in [0.29, 0.717) is 0 Å². The maximum Gasteiger partial charge on any atom is 0.509 e. The van der Waals surface area contributed by atoms with Crippen molar-refractivity contribution >= 4 is 34.0 Å². The molecule has 0 aliphatic rings. The topological polar surface area (TPSA) is 88.1 Å². The van der Waals surface area contributed by atoms with Gasteiger partial charge in [0.1, 0.15) is 6.61 Å². The van der Waals surface area contributed by atoms with E-state index in [4.69, 9.17) is 9.47 Å². The Bertz CT molecular complexity index is 541. The summed E-state index contributed by atoms with van der Waals surface area (Å²) in [5, 5.41) is 0. The largest absolute Gasteiger partial charge is 0.509 e. The first-order valence-electron chi connectivity index (χ1n) is 6.68. The summed E-state index contributed by atoms with van der Waals surface area (Å²) in [4.78, 5) is 34.3. The number of hydrogen-bond donors (Lipinski definition) is 0. The van der Waals surface area contributed by atoms with Gasteiger partial charge in [0, 0.05) is 17.3 Å². The van der Waals surface area contributed by atoms with Crippen molar-refractivity contribution in [1.82, 2.24) is 0 Å². The number of methoxy groups -OCH3 is 2. The van der Waals surface area contributed by atoms with Gasteiger partial charge in [0.25, 0.3) is 0 Å². The number of esters is 2. The Morgan fingerprint density at radius 1 is 1.09 bits per heavy atom. The minimum Gasteiger partial charge on any atom is -0.469 e. The highest BCUT2D eigenvalue weighted by Crippen LogP contribution is 2.12. The van der Waals surface area contributed by atoms with Gasteiger partial charge >= 0.3 is 18.1 Å². The van der Waals surface area contributed by atoms with Gasteiger partial charge in [0.05, 0.1) is 14.2 Å². The van der Waals surface area contributed by atoms with E-state index < -0.39 is 24.2 Å². The van der Waals surface area contributed by atoms with Crippen molar-refractivity contribution in [3.8, 4) is 0 Å². The first kappa shape index (κ1) is 19.0. The highest BCUT2D eigenvalue weighted by atomic mass is 79.9. The van der Waals surface area contributed by atoms with Crippen LogP contribution in [0, 0.1) is 0 Å². The van der Waals surface area contributed by atoms with Gasteiger partial charge in [-0.1, -0.05) is 28.1 Å². The molecule has 0 aliphatic heterocycles. The van der Waals surface area contributed by atoms with Crippen molar-refractivity contribution in [2.24, 2.45) is 0 Å². The summed E-state index contributed by atoms with van der Waals surface area (Å²) in [6.07, 6.45) is -2.38. The van der Waals surface area contributed by atoms with Crippen LogP contribution in [-0.2, 0) is 35.1 Å². The van der Waals surface area contributed by atoms with Crippen LogP contribution < -0.4 is 0 Å². The highest BCUT2D eigenvalue weighted by molar-refractivity contribution is 9.10. The van der Waals surface area contributed by atoms with Crippen molar-refractivity contribution in [1.29, 1.82) is 0 Å². The van der Waals surface area contributed by atoms with Gasteiger partial charge in [-0.15, -0.1) is 0 Å². The van der Waals surface area contributed by atoms with Gasteiger partial charge in [-0.05, 0) is 17.7 Å². The number of benzene rings is 1. The number of halogens is 1. The smallest absolute Gasteiger partial charge is 0.469 e. The Hall–Kier alpha value is -2.09. The molecule has 0 amide bonds. The molecule has 8 heteroatoms. The van der Waals surface area contributed by atoms with Crippen molar-refractivity contribution in [3.63, 3.8) is 0 Å².